The van der Waals surface area contributed by atoms with E-state index in [1.54, 1.807) is 0 Å². The Labute approximate surface area is 377 Å². The zero-order chi connectivity index (χ0) is 47.1. The third-order valence-electron chi connectivity index (χ3n) is 18.3. The first kappa shape index (κ1) is 50.9. The number of aliphatic hydroxyl groups excluding tert-OH is 11. The summed E-state index contributed by atoms with van der Waals surface area (Å²) in [6, 6.07) is 0. The van der Waals surface area contributed by atoms with Crippen LogP contribution in [0.25, 0.3) is 0 Å². The van der Waals surface area contributed by atoms with Crippen LogP contribution in [0.1, 0.15) is 107 Å². The summed E-state index contributed by atoms with van der Waals surface area (Å²) in [7, 11) is 0. The van der Waals surface area contributed by atoms with E-state index in [0.717, 1.165) is 32.1 Å². The van der Waals surface area contributed by atoms with Crippen LogP contribution in [-0.2, 0) is 28.4 Å². The Morgan fingerprint density at radius 3 is 1.81 bits per heavy atom. The monoisotopic (exact) mass is 917 g/mol. The van der Waals surface area contributed by atoms with Gasteiger partial charge in [0.2, 0.25) is 0 Å². The second kappa shape index (κ2) is 18.8. The van der Waals surface area contributed by atoms with Crippen molar-refractivity contribution < 1.29 is 84.6 Å². The maximum absolute atomic E-state index is 12.7. The third-order valence-corrected chi connectivity index (χ3v) is 18.3. The Bertz CT molecular complexity index is 1620. The minimum absolute atomic E-state index is 0.145. The number of rotatable bonds is 13. The fraction of sp³-hybridized carbons (Fsp3) is 0.957. The fourth-order valence-electron chi connectivity index (χ4n) is 14.5. The molecule has 64 heavy (non-hydrogen) atoms. The zero-order valence-corrected chi connectivity index (χ0v) is 38.9. The average Bonchev–Trinajstić information content (AvgIpc) is 3.76. The summed E-state index contributed by atoms with van der Waals surface area (Å²) in [5.41, 5.74) is -2.14. The van der Waals surface area contributed by atoms with Crippen LogP contribution in [0.15, 0.2) is 12.2 Å². The lowest BCUT2D eigenvalue weighted by Crippen LogP contribution is -2.67. The van der Waals surface area contributed by atoms with Crippen LogP contribution < -0.4 is 0 Å². The lowest BCUT2D eigenvalue weighted by atomic mass is 9.35. The van der Waals surface area contributed by atoms with Crippen LogP contribution in [0.2, 0.25) is 0 Å². The van der Waals surface area contributed by atoms with Gasteiger partial charge in [-0.2, -0.15) is 0 Å². The summed E-state index contributed by atoms with van der Waals surface area (Å²) in [6.45, 7) is 16.1. The largest absolute Gasteiger partial charge is 0.394 e. The van der Waals surface area contributed by atoms with Crippen molar-refractivity contribution in [3.05, 3.63) is 12.2 Å². The molecule has 0 aromatic carbocycles. The number of aliphatic hydroxyl groups is 11. The molecular weight excluding hydrogens is 836 g/mol. The van der Waals surface area contributed by atoms with Gasteiger partial charge in [0.05, 0.1) is 37.6 Å². The van der Waals surface area contributed by atoms with Crippen LogP contribution in [0.4, 0.5) is 0 Å². The van der Waals surface area contributed by atoms with Gasteiger partial charge in [0, 0.05) is 0 Å². The van der Waals surface area contributed by atoms with Gasteiger partial charge in [0.1, 0.15) is 67.1 Å². The van der Waals surface area contributed by atoms with Crippen molar-refractivity contribution >= 4 is 0 Å². The highest BCUT2D eigenvalue weighted by molar-refractivity contribution is 5.21. The molecule has 3 heterocycles. The van der Waals surface area contributed by atoms with E-state index in [2.05, 4.69) is 60.6 Å². The van der Waals surface area contributed by atoms with Gasteiger partial charge in [-0.1, -0.05) is 60.6 Å². The SMILES string of the molecule is CC(C)C=CCC(C)(OC1OC(COC2OC(CO)C(O)C2O)C(O)C(O)C1O)C1CCC2(C)C1C(O)CC1C3(C)CCC(OC4OC(CO)C(O)C(O)C4O)C(C)(C)C3CCC12C. The molecule has 0 amide bonds. The van der Waals surface area contributed by atoms with E-state index < -0.39 is 123 Å². The Kier molecular flexibility index (Phi) is 14.9. The number of allylic oxidation sites excluding steroid dienone is 1. The first-order chi connectivity index (χ1) is 29.9. The van der Waals surface area contributed by atoms with Crippen molar-refractivity contribution in [2.24, 2.45) is 51.2 Å². The Morgan fingerprint density at radius 2 is 1.19 bits per heavy atom. The highest BCUT2D eigenvalue weighted by Crippen LogP contribution is 2.76. The molecular formula is C47H80O17. The van der Waals surface area contributed by atoms with Crippen molar-refractivity contribution in [3.8, 4) is 0 Å². The molecule has 3 saturated heterocycles. The number of fused-ring (bicyclic) bond motifs is 5. The predicted molar refractivity (Wildman–Crippen MR) is 228 cm³/mol. The summed E-state index contributed by atoms with van der Waals surface area (Å²) in [5, 5.41) is 118. The topological polar surface area (TPSA) is 278 Å². The highest BCUT2D eigenvalue weighted by atomic mass is 16.7. The van der Waals surface area contributed by atoms with Crippen LogP contribution >= 0.6 is 0 Å². The molecule has 7 fully saturated rings. The lowest BCUT2D eigenvalue weighted by molar-refractivity contribution is -0.341. The minimum Gasteiger partial charge on any atom is -0.394 e. The predicted octanol–water partition coefficient (Wildman–Crippen LogP) is 0.468. The normalized spacial score (nSPS) is 52.6. The van der Waals surface area contributed by atoms with E-state index in [-0.39, 0.29) is 51.9 Å². The zero-order valence-electron chi connectivity index (χ0n) is 38.9. The van der Waals surface area contributed by atoms with Gasteiger partial charge in [-0.15, -0.1) is 0 Å². The van der Waals surface area contributed by atoms with Crippen LogP contribution in [0.3, 0.4) is 0 Å². The molecule has 0 bridgehead atoms. The summed E-state index contributed by atoms with van der Waals surface area (Å²) in [6.07, 6.45) is -10.8. The van der Waals surface area contributed by atoms with Crippen molar-refractivity contribution in [2.75, 3.05) is 19.8 Å². The number of hydrogen-bond acceptors (Lipinski definition) is 17. The first-order valence-corrected chi connectivity index (χ1v) is 23.8. The van der Waals surface area contributed by atoms with Gasteiger partial charge >= 0.3 is 0 Å². The molecule has 0 radical (unpaired) electrons. The van der Waals surface area contributed by atoms with E-state index in [1.807, 2.05) is 6.92 Å². The second-order valence-corrected chi connectivity index (χ2v) is 22.5. The van der Waals surface area contributed by atoms with E-state index in [9.17, 15) is 56.2 Å². The summed E-state index contributed by atoms with van der Waals surface area (Å²) >= 11 is 0. The third kappa shape index (κ3) is 8.49. The molecule has 3 aliphatic heterocycles. The molecule has 0 spiro atoms. The first-order valence-electron chi connectivity index (χ1n) is 23.8. The van der Waals surface area contributed by atoms with E-state index in [1.165, 1.54) is 0 Å². The Morgan fingerprint density at radius 1 is 0.641 bits per heavy atom. The molecule has 0 aromatic heterocycles. The molecule has 7 aliphatic rings. The summed E-state index contributed by atoms with van der Waals surface area (Å²) in [4.78, 5) is 0. The van der Waals surface area contributed by atoms with Crippen molar-refractivity contribution in [3.63, 3.8) is 0 Å². The average molecular weight is 917 g/mol. The molecule has 24 unspecified atom stereocenters. The molecule has 0 aromatic rings. The smallest absolute Gasteiger partial charge is 0.187 e. The maximum atomic E-state index is 12.7. The van der Waals surface area contributed by atoms with E-state index in [4.69, 9.17) is 28.4 Å². The number of ether oxygens (including phenoxy) is 6. The molecule has 24 atom stereocenters. The van der Waals surface area contributed by atoms with Gasteiger partial charge < -0.3 is 84.6 Å². The van der Waals surface area contributed by atoms with Gasteiger partial charge in [0.25, 0.3) is 0 Å². The van der Waals surface area contributed by atoms with Gasteiger partial charge in [-0.3, -0.25) is 0 Å². The molecule has 370 valence electrons. The van der Waals surface area contributed by atoms with E-state index in [0.29, 0.717) is 19.3 Å². The molecule has 4 aliphatic carbocycles. The second-order valence-electron chi connectivity index (χ2n) is 22.5. The summed E-state index contributed by atoms with van der Waals surface area (Å²) < 4.78 is 36.5. The van der Waals surface area contributed by atoms with Crippen LogP contribution in [0.5, 0.6) is 0 Å². The van der Waals surface area contributed by atoms with Crippen molar-refractivity contribution in [2.45, 2.75) is 211 Å². The molecule has 17 heteroatoms. The minimum atomic E-state index is -1.68. The fourth-order valence-corrected chi connectivity index (χ4v) is 14.5. The van der Waals surface area contributed by atoms with E-state index >= 15 is 0 Å². The summed E-state index contributed by atoms with van der Waals surface area (Å²) in [5.74, 6) is 0.149. The molecule has 7 rings (SSSR count). The van der Waals surface area contributed by atoms with Gasteiger partial charge in [-0.25, -0.2) is 0 Å². The van der Waals surface area contributed by atoms with Gasteiger partial charge in [-0.05, 0) is 110 Å². The standard InChI is InChI=1S/C47H80O17/c1-22(2)10-9-14-47(8,64-42-39(58)36(55)34(53)27(62-42)21-59-40-37(56)33(52)26(20-49)60-40)23-11-16-46(7)31(23)24(50)18-29-44(5)15-13-30(43(3,4)28(44)12-17-45(29,46)6)63-41-38(57)35(54)32(51)25(19-48)61-41/h9-10,22-42,48-58H,11-21H2,1-8H3. The van der Waals surface area contributed by atoms with Crippen LogP contribution in [-0.4, -0.2) is 180 Å². The van der Waals surface area contributed by atoms with Crippen molar-refractivity contribution in [1.29, 1.82) is 0 Å². The Balaban J connectivity index is 1.11. The van der Waals surface area contributed by atoms with Crippen LogP contribution in [0, 0.1) is 51.2 Å². The quantitative estimate of drug-likeness (QED) is 0.0885. The van der Waals surface area contributed by atoms with Crippen molar-refractivity contribution in [1.82, 2.24) is 0 Å². The maximum Gasteiger partial charge on any atom is 0.187 e. The highest BCUT2D eigenvalue weighted by Gasteiger charge is 2.72. The Hall–Kier alpha value is -0.940. The van der Waals surface area contributed by atoms with Gasteiger partial charge in [0.15, 0.2) is 18.9 Å². The molecule has 11 N–H and O–H groups in total. The molecule has 4 saturated carbocycles. The number of hydrogen-bond donors (Lipinski definition) is 11. The lowest BCUT2D eigenvalue weighted by Gasteiger charge is -2.71. The molecule has 17 nitrogen and oxygen atoms in total.